The summed E-state index contributed by atoms with van der Waals surface area (Å²) in [5.41, 5.74) is 3.67. The van der Waals surface area contributed by atoms with Gasteiger partial charge < -0.3 is 9.64 Å². The molecule has 0 unspecified atom stereocenters. The molecule has 5 rings (SSSR count). The first-order chi connectivity index (χ1) is 18.4. The molecular weight excluding hydrogens is 503 g/mol. The number of methoxy groups -OCH3 is 1. The zero-order chi connectivity index (χ0) is 28.2. The summed E-state index contributed by atoms with van der Waals surface area (Å²) in [5, 5.41) is 0. The number of carbonyl (C=O) groups excluding carboxylic acids is 2. The lowest BCUT2D eigenvalue weighted by molar-refractivity contribution is -0.136. The maximum Gasteiger partial charge on any atom is 0.457 e. The summed E-state index contributed by atoms with van der Waals surface area (Å²) >= 11 is 0. The Hall–Kier alpha value is -2.85. The van der Waals surface area contributed by atoms with E-state index in [1.54, 1.807) is 6.08 Å². The van der Waals surface area contributed by atoms with Gasteiger partial charge in [-0.1, -0.05) is 30.6 Å². The molecular formula is C32H36F3NO3. The lowest BCUT2D eigenvalue weighted by atomic mass is 9.48. The minimum absolute atomic E-state index is 0.0276. The predicted octanol–water partition coefficient (Wildman–Crippen LogP) is 6.42. The highest BCUT2D eigenvalue weighted by atomic mass is 19.4. The number of rotatable bonds is 5. The average Bonchev–Trinajstić information content (AvgIpc) is 3.19. The summed E-state index contributed by atoms with van der Waals surface area (Å²) in [7, 11) is 5.36. The molecule has 4 aliphatic carbocycles. The second-order valence-corrected chi connectivity index (χ2v) is 12.0. The van der Waals surface area contributed by atoms with Crippen molar-refractivity contribution >= 4 is 17.3 Å². The van der Waals surface area contributed by atoms with E-state index >= 15 is 0 Å². The molecule has 2 fully saturated rings. The molecule has 0 radical (unpaired) electrons. The second-order valence-electron chi connectivity index (χ2n) is 12.0. The van der Waals surface area contributed by atoms with Crippen LogP contribution in [-0.4, -0.2) is 45.6 Å². The van der Waals surface area contributed by atoms with Crippen LogP contribution >= 0.6 is 0 Å². The number of anilines is 1. The lowest BCUT2D eigenvalue weighted by Gasteiger charge is -2.54. The van der Waals surface area contributed by atoms with Gasteiger partial charge in [-0.15, -0.1) is 0 Å². The van der Waals surface area contributed by atoms with Gasteiger partial charge in [-0.3, -0.25) is 9.59 Å². The third-order valence-electron chi connectivity index (χ3n) is 9.91. The van der Waals surface area contributed by atoms with Gasteiger partial charge in [0.15, 0.2) is 11.6 Å². The molecule has 0 saturated heterocycles. The van der Waals surface area contributed by atoms with Gasteiger partial charge in [-0.2, -0.15) is 13.2 Å². The number of Topliss-reactive ketones (excluding diaryl/α,β-unsaturated/α-hetero) is 1. The van der Waals surface area contributed by atoms with Gasteiger partial charge in [0.2, 0.25) is 0 Å². The van der Waals surface area contributed by atoms with E-state index in [-0.39, 0.29) is 35.9 Å². The molecule has 7 heteroatoms. The number of hydrogen-bond acceptors (Lipinski definition) is 4. The van der Waals surface area contributed by atoms with E-state index in [1.807, 2.05) is 25.9 Å². The topological polar surface area (TPSA) is 46.6 Å². The molecule has 0 N–H and O–H groups in total. The molecule has 4 nitrogen and oxygen atoms in total. The van der Waals surface area contributed by atoms with E-state index < -0.39 is 17.0 Å². The van der Waals surface area contributed by atoms with Crippen LogP contribution in [0.3, 0.4) is 0 Å². The number of fused-ring (bicyclic) bond motifs is 4. The fourth-order valence-electron chi connectivity index (χ4n) is 8.16. The number of nitrogens with zero attached hydrogens (tertiary/aromatic N) is 1. The van der Waals surface area contributed by atoms with Crippen LogP contribution in [0.5, 0.6) is 0 Å². The highest BCUT2D eigenvalue weighted by Gasteiger charge is 2.65. The first kappa shape index (κ1) is 27.7. The van der Waals surface area contributed by atoms with E-state index in [0.717, 1.165) is 29.7 Å². The Balaban J connectivity index is 1.70. The molecule has 0 bridgehead atoms. The Labute approximate surface area is 228 Å². The minimum Gasteiger partial charge on any atom is -0.378 e. The number of allylic oxidation sites excluding steroid dienone is 4. The zero-order valence-corrected chi connectivity index (χ0v) is 23.1. The SMILES string of the molecule is COCC(=O)[C@]1(C#CC(F)(F)F)CC[C@H]2[C@@H]3CCC4=CC(=O)CCC4=C3[C@@H](c3ccc(N(C)C)cc3)C[C@@]21C. The van der Waals surface area contributed by atoms with Gasteiger partial charge in [0.25, 0.3) is 0 Å². The second kappa shape index (κ2) is 9.96. The predicted molar refractivity (Wildman–Crippen MR) is 144 cm³/mol. The molecule has 0 aromatic heterocycles. The van der Waals surface area contributed by atoms with E-state index in [2.05, 4.69) is 30.2 Å². The highest BCUT2D eigenvalue weighted by Crippen LogP contribution is 2.69. The van der Waals surface area contributed by atoms with Crippen molar-refractivity contribution in [1.82, 2.24) is 0 Å². The van der Waals surface area contributed by atoms with E-state index in [1.165, 1.54) is 24.2 Å². The number of ether oxygens (including phenoxy) is 1. The molecule has 39 heavy (non-hydrogen) atoms. The lowest BCUT2D eigenvalue weighted by Crippen LogP contribution is -2.51. The maximum atomic E-state index is 13.7. The van der Waals surface area contributed by atoms with Crippen LogP contribution < -0.4 is 4.90 Å². The van der Waals surface area contributed by atoms with Crippen molar-refractivity contribution < 1.29 is 27.5 Å². The van der Waals surface area contributed by atoms with Gasteiger partial charge in [0.05, 0.1) is 5.41 Å². The van der Waals surface area contributed by atoms with Crippen LogP contribution in [0, 0.1) is 34.5 Å². The first-order valence-corrected chi connectivity index (χ1v) is 13.8. The molecule has 0 amide bonds. The van der Waals surface area contributed by atoms with Crippen molar-refractivity contribution in [2.75, 3.05) is 32.7 Å². The monoisotopic (exact) mass is 539 g/mol. The Morgan fingerprint density at radius 1 is 1.13 bits per heavy atom. The summed E-state index contributed by atoms with van der Waals surface area (Å²) in [6.07, 6.45) is 1.38. The van der Waals surface area contributed by atoms with Crippen molar-refractivity contribution in [3.05, 3.63) is 52.6 Å². The van der Waals surface area contributed by atoms with E-state index in [0.29, 0.717) is 32.1 Å². The average molecular weight is 540 g/mol. The molecule has 2 saturated carbocycles. The fourth-order valence-corrected chi connectivity index (χ4v) is 8.16. The zero-order valence-electron chi connectivity index (χ0n) is 23.1. The Kier molecular flexibility index (Phi) is 7.08. The van der Waals surface area contributed by atoms with Crippen LogP contribution in [0.15, 0.2) is 47.1 Å². The van der Waals surface area contributed by atoms with Gasteiger partial charge >= 0.3 is 6.18 Å². The Bertz CT molecular complexity index is 1300. The molecule has 0 heterocycles. The summed E-state index contributed by atoms with van der Waals surface area (Å²) in [4.78, 5) is 28.0. The van der Waals surface area contributed by atoms with Gasteiger partial charge in [-0.05, 0) is 90.7 Å². The molecule has 5 atom stereocenters. The minimum atomic E-state index is -4.68. The van der Waals surface area contributed by atoms with Crippen LogP contribution in [0.2, 0.25) is 0 Å². The van der Waals surface area contributed by atoms with Crippen LogP contribution in [0.25, 0.3) is 0 Å². The van der Waals surface area contributed by atoms with Crippen molar-refractivity contribution in [3.8, 4) is 11.8 Å². The highest BCUT2D eigenvalue weighted by molar-refractivity contribution is 5.93. The first-order valence-electron chi connectivity index (χ1n) is 13.8. The van der Waals surface area contributed by atoms with Crippen molar-refractivity contribution in [3.63, 3.8) is 0 Å². The molecule has 4 aliphatic rings. The number of halogens is 3. The third kappa shape index (κ3) is 4.65. The quantitative estimate of drug-likeness (QED) is 0.405. The third-order valence-corrected chi connectivity index (χ3v) is 9.91. The van der Waals surface area contributed by atoms with Crippen molar-refractivity contribution in [2.24, 2.45) is 22.7 Å². The molecule has 1 aromatic carbocycles. The Morgan fingerprint density at radius 2 is 1.85 bits per heavy atom. The molecule has 1 aromatic rings. The smallest absolute Gasteiger partial charge is 0.378 e. The number of ketones is 2. The molecule has 0 aliphatic heterocycles. The summed E-state index contributed by atoms with van der Waals surface area (Å²) in [6, 6.07) is 8.34. The number of carbonyl (C=O) groups is 2. The van der Waals surface area contributed by atoms with E-state index in [4.69, 9.17) is 4.74 Å². The molecule has 208 valence electrons. The van der Waals surface area contributed by atoms with Crippen LogP contribution in [0.4, 0.5) is 18.9 Å². The fraction of sp³-hybridized carbons (Fsp3) is 0.562. The van der Waals surface area contributed by atoms with Crippen LogP contribution in [0.1, 0.15) is 63.4 Å². The van der Waals surface area contributed by atoms with Crippen molar-refractivity contribution in [2.45, 2.75) is 64.0 Å². The number of alkyl halides is 3. The maximum absolute atomic E-state index is 13.7. The van der Waals surface area contributed by atoms with Gasteiger partial charge in [0, 0.05) is 45.2 Å². The van der Waals surface area contributed by atoms with Gasteiger partial charge in [-0.25, -0.2) is 0 Å². The summed E-state index contributed by atoms with van der Waals surface area (Å²) < 4.78 is 45.5. The number of hydrogen-bond donors (Lipinski definition) is 0. The Morgan fingerprint density at radius 3 is 2.49 bits per heavy atom. The molecule has 0 spiro atoms. The normalized spacial score (nSPS) is 31.9. The number of benzene rings is 1. The van der Waals surface area contributed by atoms with Crippen LogP contribution in [-0.2, 0) is 14.3 Å². The van der Waals surface area contributed by atoms with Gasteiger partial charge in [0.1, 0.15) is 6.61 Å². The van der Waals surface area contributed by atoms with E-state index in [9.17, 15) is 22.8 Å². The summed E-state index contributed by atoms with van der Waals surface area (Å²) in [6.45, 7) is 1.74. The largest absolute Gasteiger partial charge is 0.457 e. The summed E-state index contributed by atoms with van der Waals surface area (Å²) in [5.74, 6) is 3.93. The standard InChI is InChI=1S/C32H36F3NO3/c1-30-18-26(20-5-8-22(9-6-20)36(2)3)29-24-12-10-23(37)17-21(24)7-11-25(29)27(30)13-14-31(30,28(38)19-39-4)15-16-32(33,34)35/h5-6,8-9,17,25-27H,7,10-14,18-19H2,1-4H3/t25-,26+,27-,30-,31+/m0/s1. The van der Waals surface area contributed by atoms with Crippen molar-refractivity contribution in [1.29, 1.82) is 0 Å².